The van der Waals surface area contributed by atoms with E-state index in [9.17, 15) is 13.6 Å². The van der Waals surface area contributed by atoms with Crippen molar-refractivity contribution >= 4 is 29.3 Å². The molecule has 9 heteroatoms. The van der Waals surface area contributed by atoms with Gasteiger partial charge in [0.1, 0.15) is 11.6 Å². The van der Waals surface area contributed by atoms with E-state index in [4.69, 9.17) is 17.3 Å². The highest BCUT2D eigenvalue weighted by Gasteiger charge is 2.33. The Balaban J connectivity index is 1.09. The van der Waals surface area contributed by atoms with E-state index in [2.05, 4.69) is 16.7 Å². The molecule has 1 atom stereocenters. The predicted octanol–water partition coefficient (Wildman–Crippen LogP) is 6.32. The van der Waals surface area contributed by atoms with Crippen molar-refractivity contribution in [2.45, 2.75) is 43.7 Å². The summed E-state index contributed by atoms with van der Waals surface area (Å²) in [6, 6.07) is 17.0. The summed E-state index contributed by atoms with van der Waals surface area (Å²) in [5.74, 6) is 0.670. The predicted molar refractivity (Wildman–Crippen MR) is 172 cm³/mol. The minimum atomic E-state index is -0.487. The number of nitrogens with zero attached hydrogens (tertiary/aromatic N) is 3. The molecule has 2 heterocycles. The van der Waals surface area contributed by atoms with Gasteiger partial charge in [0.05, 0.1) is 6.04 Å². The SMILES string of the molecule is CCSc1cc(F)ccc1CN1CCN(C(=O)[C@H](N)C2CCN(CCc3cc(Cl)ccc3-c3ccccc3F)CC2)CC1. The molecule has 5 rings (SSSR count). The molecule has 43 heavy (non-hydrogen) atoms. The first-order valence-electron chi connectivity index (χ1n) is 15.3. The highest BCUT2D eigenvalue weighted by atomic mass is 35.5. The summed E-state index contributed by atoms with van der Waals surface area (Å²) in [5.41, 5.74) is 10.2. The van der Waals surface area contributed by atoms with Crippen molar-refractivity contribution in [2.24, 2.45) is 11.7 Å². The molecule has 2 N–H and O–H groups in total. The first-order chi connectivity index (χ1) is 20.8. The summed E-state index contributed by atoms with van der Waals surface area (Å²) < 4.78 is 28.3. The number of piperazine rings is 1. The number of thioether (sulfide) groups is 1. The second-order valence-electron chi connectivity index (χ2n) is 11.5. The Bertz CT molecular complexity index is 1390. The average molecular weight is 627 g/mol. The van der Waals surface area contributed by atoms with Crippen LogP contribution in [0.3, 0.4) is 0 Å². The molecule has 2 aliphatic heterocycles. The lowest BCUT2D eigenvalue weighted by molar-refractivity contribution is -0.136. The fraction of sp³-hybridized carbons (Fsp3) is 0.441. The third-order valence-electron chi connectivity index (χ3n) is 8.76. The van der Waals surface area contributed by atoms with E-state index in [0.717, 1.165) is 85.9 Å². The summed E-state index contributed by atoms with van der Waals surface area (Å²) in [6.07, 6.45) is 2.52. The van der Waals surface area contributed by atoms with Gasteiger partial charge in [-0.25, -0.2) is 8.78 Å². The van der Waals surface area contributed by atoms with E-state index in [1.807, 2.05) is 35.2 Å². The largest absolute Gasteiger partial charge is 0.339 e. The molecule has 2 aliphatic rings. The molecule has 1 amide bonds. The van der Waals surface area contributed by atoms with Crippen molar-refractivity contribution in [3.63, 3.8) is 0 Å². The van der Waals surface area contributed by atoms with Crippen molar-refractivity contribution in [3.8, 4) is 11.1 Å². The number of carbonyl (C=O) groups is 1. The van der Waals surface area contributed by atoms with Crippen LogP contribution in [0.5, 0.6) is 0 Å². The van der Waals surface area contributed by atoms with Gasteiger partial charge < -0.3 is 15.5 Å². The Hall–Kier alpha value is -2.49. The molecule has 230 valence electrons. The monoisotopic (exact) mass is 626 g/mol. The molecule has 3 aromatic rings. The fourth-order valence-electron chi connectivity index (χ4n) is 6.25. The molecule has 0 unspecified atom stereocenters. The third-order valence-corrected chi connectivity index (χ3v) is 9.98. The standard InChI is InChI=1S/C34H41ClF2N4OS/c1-2-43-32-22-28(36)9-7-26(32)23-40-17-19-41(20-18-40)34(42)33(38)24-11-14-39(15-12-24)16-13-25-21-27(35)8-10-29(25)30-5-3-4-6-31(30)37/h3-10,21-22,24,33H,2,11-20,23,38H2,1H3/t33-/m1/s1. The van der Waals surface area contributed by atoms with Crippen LogP contribution < -0.4 is 5.73 Å². The van der Waals surface area contributed by atoms with Crippen molar-refractivity contribution in [2.75, 3.05) is 51.6 Å². The highest BCUT2D eigenvalue weighted by Crippen LogP contribution is 2.30. The van der Waals surface area contributed by atoms with Crippen LogP contribution in [0.2, 0.25) is 5.02 Å². The Kier molecular flexibility index (Phi) is 11.1. The molecule has 0 aliphatic carbocycles. The summed E-state index contributed by atoms with van der Waals surface area (Å²) in [4.78, 5) is 21.0. The number of piperidine rings is 1. The molecular formula is C34H41ClF2N4OS. The summed E-state index contributed by atoms with van der Waals surface area (Å²) in [6.45, 7) is 8.31. The van der Waals surface area contributed by atoms with Crippen molar-refractivity contribution in [1.29, 1.82) is 0 Å². The van der Waals surface area contributed by atoms with Gasteiger partial charge in [-0.3, -0.25) is 9.69 Å². The molecule has 0 saturated carbocycles. The first-order valence-corrected chi connectivity index (χ1v) is 16.6. The number of nitrogens with two attached hydrogens (primary N) is 1. The number of hydrogen-bond acceptors (Lipinski definition) is 5. The number of halogens is 3. The Morgan fingerprint density at radius 3 is 2.40 bits per heavy atom. The molecule has 0 bridgehead atoms. The van der Waals surface area contributed by atoms with Crippen molar-refractivity contribution < 1.29 is 13.6 Å². The lowest BCUT2D eigenvalue weighted by Crippen LogP contribution is -2.55. The van der Waals surface area contributed by atoms with Gasteiger partial charge >= 0.3 is 0 Å². The fourth-order valence-corrected chi connectivity index (χ4v) is 7.27. The maximum Gasteiger partial charge on any atom is 0.239 e. The molecule has 2 saturated heterocycles. The number of carbonyl (C=O) groups excluding carboxylic acids is 1. The van der Waals surface area contributed by atoms with E-state index < -0.39 is 6.04 Å². The molecule has 5 nitrogen and oxygen atoms in total. The van der Waals surface area contributed by atoms with E-state index in [1.54, 1.807) is 30.0 Å². The summed E-state index contributed by atoms with van der Waals surface area (Å²) in [5, 5.41) is 0.648. The normalized spacial score (nSPS) is 17.7. The van der Waals surface area contributed by atoms with Gasteiger partial charge in [0.25, 0.3) is 0 Å². The molecule has 0 aromatic heterocycles. The van der Waals surface area contributed by atoms with E-state index in [-0.39, 0.29) is 23.5 Å². The first kappa shape index (κ1) is 31.9. The smallest absolute Gasteiger partial charge is 0.239 e. The van der Waals surface area contributed by atoms with Crippen LogP contribution in [0.15, 0.2) is 65.6 Å². The number of benzene rings is 3. The van der Waals surface area contributed by atoms with Gasteiger partial charge in [-0.1, -0.05) is 48.9 Å². The molecule has 3 aromatic carbocycles. The number of hydrogen-bond donors (Lipinski definition) is 1. The summed E-state index contributed by atoms with van der Waals surface area (Å²) in [7, 11) is 0. The van der Waals surface area contributed by atoms with E-state index >= 15 is 0 Å². The van der Waals surface area contributed by atoms with Gasteiger partial charge in [-0.15, -0.1) is 11.8 Å². The number of rotatable bonds is 10. The van der Waals surface area contributed by atoms with Crippen LogP contribution in [0.4, 0.5) is 8.78 Å². The van der Waals surface area contributed by atoms with Gasteiger partial charge in [-0.05, 0) is 91.0 Å². The second-order valence-corrected chi connectivity index (χ2v) is 13.3. The van der Waals surface area contributed by atoms with Gasteiger partial charge in [0.2, 0.25) is 5.91 Å². The zero-order chi connectivity index (χ0) is 30.3. The van der Waals surface area contributed by atoms with Crippen molar-refractivity contribution in [3.05, 3.63) is 88.4 Å². The maximum atomic E-state index is 14.5. The van der Waals surface area contributed by atoms with Crippen molar-refractivity contribution in [1.82, 2.24) is 14.7 Å². The van der Waals surface area contributed by atoms with Crippen LogP contribution in [-0.2, 0) is 17.8 Å². The van der Waals surface area contributed by atoms with E-state index in [0.29, 0.717) is 23.7 Å². The minimum absolute atomic E-state index is 0.0515. The summed E-state index contributed by atoms with van der Waals surface area (Å²) >= 11 is 7.97. The van der Waals surface area contributed by atoms with Crippen LogP contribution in [0.25, 0.3) is 11.1 Å². The molecule has 0 spiro atoms. The van der Waals surface area contributed by atoms with E-state index in [1.165, 1.54) is 12.1 Å². The zero-order valence-corrected chi connectivity index (χ0v) is 26.4. The van der Waals surface area contributed by atoms with Gasteiger partial charge in [0.15, 0.2) is 0 Å². The van der Waals surface area contributed by atoms with Crippen LogP contribution in [0, 0.1) is 17.6 Å². The van der Waals surface area contributed by atoms with Crippen LogP contribution in [0.1, 0.15) is 30.9 Å². The second kappa shape index (κ2) is 15.0. The molecule has 0 radical (unpaired) electrons. The Morgan fingerprint density at radius 2 is 1.67 bits per heavy atom. The Labute approximate surface area is 263 Å². The minimum Gasteiger partial charge on any atom is -0.339 e. The lowest BCUT2D eigenvalue weighted by Gasteiger charge is -2.39. The quantitative estimate of drug-likeness (QED) is 0.267. The zero-order valence-electron chi connectivity index (χ0n) is 24.8. The van der Waals surface area contributed by atoms with Gasteiger partial charge in [-0.2, -0.15) is 0 Å². The van der Waals surface area contributed by atoms with Crippen LogP contribution >= 0.6 is 23.4 Å². The lowest BCUT2D eigenvalue weighted by atomic mass is 9.88. The number of likely N-dealkylation sites (tertiary alicyclic amines) is 1. The highest BCUT2D eigenvalue weighted by molar-refractivity contribution is 7.99. The number of amides is 1. The average Bonchev–Trinajstić information content (AvgIpc) is 3.02. The molecular weight excluding hydrogens is 586 g/mol. The van der Waals surface area contributed by atoms with Crippen LogP contribution in [-0.4, -0.2) is 78.2 Å². The third kappa shape index (κ3) is 8.17. The topological polar surface area (TPSA) is 52.8 Å². The maximum absolute atomic E-state index is 14.5. The Morgan fingerprint density at radius 1 is 0.930 bits per heavy atom. The molecule has 2 fully saturated rings. The van der Waals surface area contributed by atoms with Gasteiger partial charge in [0, 0.05) is 54.8 Å².